The SMILES string of the molecule is O=C(N/N=C\C12c3ccccc3C(c3ccccc31)[C@H]1C(=O)N(c3ccc(Cl)cc3Cl)C(=O)[C@H]12)c1ccco1. The van der Waals surface area contributed by atoms with Gasteiger partial charge in [-0.3, -0.25) is 14.4 Å². The van der Waals surface area contributed by atoms with Crippen molar-refractivity contribution in [2.45, 2.75) is 11.3 Å². The molecule has 8 rings (SSSR count). The molecule has 39 heavy (non-hydrogen) atoms. The van der Waals surface area contributed by atoms with Crippen molar-refractivity contribution in [3.8, 4) is 0 Å². The van der Waals surface area contributed by atoms with Gasteiger partial charge in [-0.05, 0) is 52.6 Å². The molecule has 2 atom stereocenters. The van der Waals surface area contributed by atoms with Gasteiger partial charge in [-0.2, -0.15) is 5.10 Å². The van der Waals surface area contributed by atoms with Crippen molar-refractivity contribution in [1.82, 2.24) is 5.43 Å². The van der Waals surface area contributed by atoms with Crippen molar-refractivity contribution in [2.24, 2.45) is 16.9 Å². The van der Waals surface area contributed by atoms with Gasteiger partial charge in [0.05, 0.1) is 34.2 Å². The Bertz CT molecular complexity index is 1670. The van der Waals surface area contributed by atoms with Crippen molar-refractivity contribution in [3.05, 3.63) is 123 Å². The number of anilines is 1. The van der Waals surface area contributed by atoms with E-state index in [9.17, 15) is 14.4 Å². The summed E-state index contributed by atoms with van der Waals surface area (Å²) in [6, 6.07) is 23.4. The molecular weight excluding hydrogens is 537 g/mol. The molecule has 1 aliphatic heterocycles. The van der Waals surface area contributed by atoms with Crippen molar-refractivity contribution in [2.75, 3.05) is 4.90 Å². The molecule has 1 fully saturated rings. The van der Waals surface area contributed by atoms with E-state index in [2.05, 4.69) is 10.5 Å². The second-order valence-corrected chi connectivity index (χ2v) is 10.7. The molecule has 4 aliphatic rings. The number of hydrogen-bond acceptors (Lipinski definition) is 5. The first-order chi connectivity index (χ1) is 18.9. The van der Waals surface area contributed by atoms with E-state index in [1.807, 2.05) is 48.5 Å². The van der Waals surface area contributed by atoms with E-state index in [1.165, 1.54) is 23.3 Å². The van der Waals surface area contributed by atoms with Crippen LogP contribution in [0.15, 0.2) is 94.6 Å². The minimum absolute atomic E-state index is 0.103. The molecule has 2 bridgehead atoms. The highest BCUT2D eigenvalue weighted by Gasteiger charge is 2.68. The number of nitrogens with zero attached hydrogens (tertiary/aromatic N) is 2. The summed E-state index contributed by atoms with van der Waals surface area (Å²) in [5.74, 6) is -2.97. The predicted octanol–water partition coefficient (Wildman–Crippen LogP) is 5.55. The van der Waals surface area contributed by atoms with Crippen LogP contribution in [0.1, 0.15) is 38.7 Å². The second-order valence-electron chi connectivity index (χ2n) is 9.81. The maximum absolute atomic E-state index is 14.3. The zero-order valence-corrected chi connectivity index (χ0v) is 21.7. The van der Waals surface area contributed by atoms with Gasteiger partial charge in [-0.25, -0.2) is 10.3 Å². The van der Waals surface area contributed by atoms with Crippen LogP contribution in [0.5, 0.6) is 0 Å². The lowest BCUT2D eigenvalue weighted by Crippen LogP contribution is -2.54. The Morgan fingerprint density at radius 3 is 2.26 bits per heavy atom. The molecule has 1 aromatic heterocycles. The smallest absolute Gasteiger partial charge is 0.307 e. The highest BCUT2D eigenvalue weighted by atomic mass is 35.5. The molecule has 9 heteroatoms. The van der Waals surface area contributed by atoms with E-state index >= 15 is 0 Å². The molecule has 1 N–H and O–H groups in total. The molecule has 4 aromatic rings. The van der Waals surface area contributed by atoms with E-state index in [0.717, 1.165) is 22.3 Å². The second kappa shape index (κ2) is 8.66. The third kappa shape index (κ3) is 3.23. The predicted molar refractivity (Wildman–Crippen MR) is 146 cm³/mol. The number of nitrogens with one attached hydrogen (secondary N) is 1. The van der Waals surface area contributed by atoms with Gasteiger partial charge in [-0.1, -0.05) is 71.7 Å². The maximum Gasteiger partial charge on any atom is 0.307 e. The van der Waals surface area contributed by atoms with Crippen LogP contribution in [0.4, 0.5) is 5.69 Å². The van der Waals surface area contributed by atoms with E-state index < -0.39 is 23.2 Å². The van der Waals surface area contributed by atoms with Crippen LogP contribution in [-0.2, 0) is 15.0 Å². The molecule has 0 unspecified atom stereocenters. The summed E-state index contributed by atoms with van der Waals surface area (Å²) in [6.07, 6.45) is 2.99. The van der Waals surface area contributed by atoms with Crippen LogP contribution in [0.2, 0.25) is 10.0 Å². The zero-order chi connectivity index (χ0) is 26.9. The molecule has 0 saturated carbocycles. The molecule has 3 aliphatic carbocycles. The Morgan fingerprint density at radius 1 is 0.923 bits per heavy atom. The van der Waals surface area contributed by atoms with Crippen LogP contribution >= 0.6 is 23.2 Å². The zero-order valence-electron chi connectivity index (χ0n) is 20.2. The molecule has 2 heterocycles. The van der Waals surface area contributed by atoms with Crippen LogP contribution in [0.3, 0.4) is 0 Å². The average Bonchev–Trinajstić information content (AvgIpc) is 3.57. The van der Waals surface area contributed by atoms with Gasteiger partial charge in [-0.15, -0.1) is 0 Å². The number of furan rings is 1. The monoisotopic (exact) mass is 555 g/mol. The fourth-order valence-corrected chi connectivity index (χ4v) is 7.10. The summed E-state index contributed by atoms with van der Waals surface area (Å²) < 4.78 is 5.18. The summed E-state index contributed by atoms with van der Waals surface area (Å²) in [6.45, 7) is 0. The molecule has 3 amide bonds. The molecule has 7 nitrogen and oxygen atoms in total. The number of carbonyl (C=O) groups is 3. The number of hydrogen-bond donors (Lipinski definition) is 1. The van der Waals surface area contributed by atoms with Gasteiger partial charge in [0, 0.05) is 17.2 Å². The molecule has 0 radical (unpaired) electrons. The summed E-state index contributed by atoms with van der Waals surface area (Å²) in [7, 11) is 0. The Morgan fingerprint density at radius 2 is 1.62 bits per heavy atom. The fraction of sp³-hybridized carbons (Fsp3) is 0.133. The number of imide groups is 1. The largest absolute Gasteiger partial charge is 0.459 e. The van der Waals surface area contributed by atoms with Gasteiger partial charge in [0.1, 0.15) is 0 Å². The van der Waals surface area contributed by atoms with Crippen molar-refractivity contribution >= 4 is 52.8 Å². The van der Waals surface area contributed by atoms with Crippen LogP contribution < -0.4 is 10.3 Å². The minimum Gasteiger partial charge on any atom is -0.459 e. The van der Waals surface area contributed by atoms with Crippen molar-refractivity contribution in [3.63, 3.8) is 0 Å². The maximum atomic E-state index is 14.3. The summed E-state index contributed by atoms with van der Waals surface area (Å²) in [4.78, 5) is 42.3. The van der Waals surface area contributed by atoms with E-state index in [4.69, 9.17) is 27.6 Å². The molecule has 0 spiro atoms. The van der Waals surface area contributed by atoms with Gasteiger partial charge >= 0.3 is 5.91 Å². The Hall–Kier alpha value is -4.20. The normalized spacial score (nSPS) is 24.6. The lowest BCUT2D eigenvalue weighted by Gasteiger charge is -2.52. The minimum atomic E-state index is -1.12. The van der Waals surface area contributed by atoms with Gasteiger partial charge < -0.3 is 4.42 Å². The topological polar surface area (TPSA) is 92.0 Å². The van der Waals surface area contributed by atoms with Gasteiger partial charge in [0.2, 0.25) is 11.8 Å². The summed E-state index contributed by atoms with van der Waals surface area (Å²) in [5.41, 5.74) is 5.34. The van der Waals surface area contributed by atoms with Gasteiger partial charge in [0.15, 0.2) is 5.76 Å². The summed E-state index contributed by atoms with van der Waals surface area (Å²) in [5, 5.41) is 4.96. The third-order valence-corrected chi connectivity index (χ3v) is 8.55. The molecular formula is C30H19Cl2N3O4. The van der Waals surface area contributed by atoms with Gasteiger partial charge in [0.25, 0.3) is 0 Å². The number of hydrazone groups is 1. The van der Waals surface area contributed by atoms with E-state index in [0.29, 0.717) is 5.02 Å². The first kappa shape index (κ1) is 23.9. The Balaban J connectivity index is 1.43. The van der Waals surface area contributed by atoms with Crippen LogP contribution in [0.25, 0.3) is 0 Å². The molecule has 192 valence electrons. The van der Waals surface area contributed by atoms with Crippen molar-refractivity contribution in [1.29, 1.82) is 0 Å². The third-order valence-electron chi connectivity index (χ3n) is 8.01. The number of carbonyl (C=O) groups excluding carboxylic acids is 3. The highest BCUT2D eigenvalue weighted by Crippen LogP contribution is 2.63. The highest BCUT2D eigenvalue weighted by molar-refractivity contribution is 6.38. The standard InChI is InChI=1S/C30H19Cl2N3O4/c31-16-11-12-22(21(32)14-16)35-28(37)25-24-17-6-1-3-8-19(17)30(26(25)29(35)38,20-9-4-2-7-18(20)24)15-33-34-27(36)23-10-5-13-39-23/h1-15,24-26H,(H,34,36)/b33-15-/t24?,25-,26+,30?/m1/s1. The summed E-state index contributed by atoms with van der Waals surface area (Å²) >= 11 is 12.6. The van der Waals surface area contributed by atoms with E-state index in [-0.39, 0.29) is 34.2 Å². The number of amides is 3. The van der Waals surface area contributed by atoms with Crippen LogP contribution in [-0.4, -0.2) is 23.9 Å². The number of rotatable bonds is 4. The first-order valence-corrected chi connectivity index (χ1v) is 13.1. The Kier molecular flexibility index (Phi) is 5.30. The van der Waals surface area contributed by atoms with E-state index in [1.54, 1.807) is 24.4 Å². The van der Waals surface area contributed by atoms with Crippen LogP contribution in [0, 0.1) is 11.8 Å². The lowest BCUT2D eigenvalue weighted by atomic mass is 9.47. The number of benzene rings is 3. The van der Waals surface area contributed by atoms with Crippen molar-refractivity contribution < 1.29 is 18.8 Å². The lowest BCUT2D eigenvalue weighted by molar-refractivity contribution is -0.122. The fourth-order valence-electron chi connectivity index (χ4n) is 6.61. The number of halogens is 2. The Labute approximate surface area is 233 Å². The molecule has 3 aromatic carbocycles. The molecule has 1 saturated heterocycles. The first-order valence-electron chi connectivity index (χ1n) is 12.3. The average molecular weight is 556 g/mol. The quantitative estimate of drug-likeness (QED) is 0.203.